The number of aryl methyl sites for hydroxylation is 1. The molecule has 1 amide bonds. The molecule has 7 heteroatoms. The minimum absolute atomic E-state index is 0.00850. The van der Waals surface area contributed by atoms with Gasteiger partial charge in [-0.15, -0.1) is 0 Å². The van der Waals surface area contributed by atoms with Gasteiger partial charge in [-0.25, -0.2) is 9.97 Å². The molecule has 1 aromatic heterocycles. The lowest BCUT2D eigenvalue weighted by atomic mass is 9.98. The second-order valence-electron chi connectivity index (χ2n) is 10.2. The number of aliphatic hydroxyl groups excluding tert-OH is 1. The van der Waals surface area contributed by atoms with Crippen LogP contribution in [0, 0.1) is 5.92 Å². The zero-order valence-electron chi connectivity index (χ0n) is 22.4. The first-order chi connectivity index (χ1) is 18.1. The number of piperidine rings is 1. The van der Waals surface area contributed by atoms with Gasteiger partial charge in [-0.3, -0.25) is 4.79 Å². The molecular formula is C30H42N4O3. The highest BCUT2D eigenvalue weighted by molar-refractivity contribution is 5.77. The second kappa shape index (κ2) is 13.6. The number of amides is 1. The summed E-state index contributed by atoms with van der Waals surface area (Å²) in [4.78, 5) is 25.7. The topological polar surface area (TPSA) is 78.8 Å². The SMILES string of the molecule is CC/C(=C\CCC(=O)N1CCC[C@@H]1CO)c1ccc(OCC2CCN(c3ncc(CC)cn3)CC2)cc1. The minimum atomic E-state index is 0.00850. The Morgan fingerprint density at radius 2 is 1.81 bits per heavy atom. The molecule has 2 aliphatic rings. The summed E-state index contributed by atoms with van der Waals surface area (Å²) >= 11 is 0. The molecule has 0 spiro atoms. The Balaban J connectivity index is 1.21. The molecule has 0 aliphatic carbocycles. The van der Waals surface area contributed by atoms with Crippen LogP contribution in [0.15, 0.2) is 42.7 Å². The molecule has 1 aromatic carbocycles. The molecular weight excluding hydrogens is 464 g/mol. The van der Waals surface area contributed by atoms with Gasteiger partial charge in [-0.1, -0.05) is 32.1 Å². The Kier molecular flexibility index (Phi) is 9.94. The fourth-order valence-corrected chi connectivity index (χ4v) is 5.31. The lowest BCUT2D eigenvalue weighted by Crippen LogP contribution is -2.37. The molecule has 0 unspecified atom stereocenters. The monoisotopic (exact) mass is 506 g/mol. The average Bonchev–Trinajstić information content (AvgIpc) is 3.44. The zero-order valence-corrected chi connectivity index (χ0v) is 22.4. The number of likely N-dealkylation sites (tertiary alicyclic amines) is 1. The van der Waals surface area contributed by atoms with E-state index in [-0.39, 0.29) is 18.6 Å². The van der Waals surface area contributed by atoms with Crippen molar-refractivity contribution in [2.24, 2.45) is 5.92 Å². The third-order valence-corrected chi connectivity index (χ3v) is 7.75. The summed E-state index contributed by atoms with van der Waals surface area (Å²) < 4.78 is 6.14. The van der Waals surface area contributed by atoms with Gasteiger partial charge in [0.1, 0.15) is 5.75 Å². The van der Waals surface area contributed by atoms with Crippen LogP contribution in [0.4, 0.5) is 5.95 Å². The van der Waals surface area contributed by atoms with Gasteiger partial charge in [0.25, 0.3) is 0 Å². The van der Waals surface area contributed by atoms with Crippen LogP contribution in [0.2, 0.25) is 0 Å². The van der Waals surface area contributed by atoms with Gasteiger partial charge >= 0.3 is 0 Å². The Hall–Kier alpha value is -2.93. The average molecular weight is 507 g/mol. The molecule has 7 nitrogen and oxygen atoms in total. The number of benzene rings is 1. The number of allylic oxidation sites excluding steroid dienone is 2. The number of nitrogens with zero attached hydrogens (tertiary/aromatic N) is 4. The normalized spacial score (nSPS) is 18.9. The molecule has 0 saturated carbocycles. The number of aromatic nitrogens is 2. The van der Waals surface area contributed by atoms with Crippen molar-refractivity contribution in [1.82, 2.24) is 14.9 Å². The zero-order chi connectivity index (χ0) is 26.0. The van der Waals surface area contributed by atoms with Crippen molar-refractivity contribution in [3.8, 4) is 5.75 Å². The fraction of sp³-hybridized carbons (Fsp3) is 0.567. The van der Waals surface area contributed by atoms with E-state index in [0.717, 1.165) is 82.9 Å². The standard InChI is InChI=1S/C30H42N4O3/c1-3-23-19-31-30(32-20-23)33-17-14-24(15-18-33)22-37-28-12-10-26(11-13-28)25(4-2)7-5-9-29(36)34-16-6-8-27(34)21-35/h7,10-13,19-20,24,27,35H,3-6,8-9,14-18,21-22H2,1-2H3/b25-7+/t27-/m1/s1. The first kappa shape index (κ1) is 27.1. The third-order valence-electron chi connectivity index (χ3n) is 7.75. The number of carbonyl (C=O) groups excluding carboxylic acids is 1. The second-order valence-corrected chi connectivity index (χ2v) is 10.2. The highest BCUT2D eigenvalue weighted by Crippen LogP contribution is 2.25. The van der Waals surface area contributed by atoms with Gasteiger partial charge in [-0.2, -0.15) is 0 Å². The van der Waals surface area contributed by atoms with Crippen molar-refractivity contribution in [3.05, 3.63) is 53.9 Å². The van der Waals surface area contributed by atoms with E-state index in [1.807, 2.05) is 17.3 Å². The number of anilines is 1. The van der Waals surface area contributed by atoms with Gasteiger partial charge in [-0.05, 0) is 79.7 Å². The maximum Gasteiger partial charge on any atom is 0.225 e. The molecule has 37 heavy (non-hydrogen) atoms. The predicted molar refractivity (Wildman–Crippen MR) is 148 cm³/mol. The van der Waals surface area contributed by atoms with Crippen LogP contribution < -0.4 is 9.64 Å². The van der Waals surface area contributed by atoms with E-state index in [4.69, 9.17) is 4.74 Å². The van der Waals surface area contributed by atoms with Crippen LogP contribution in [0.3, 0.4) is 0 Å². The molecule has 0 bridgehead atoms. The number of aliphatic hydroxyl groups is 1. The largest absolute Gasteiger partial charge is 0.493 e. The lowest BCUT2D eigenvalue weighted by Gasteiger charge is -2.31. The number of ether oxygens (including phenoxy) is 1. The summed E-state index contributed by atoms with van der Waals surface area (Å²) in [7, 11) is 0. The van der Waals surface area contributed by atoms with E-state index in [1.54, 1.807) is 0 Å². The maximum atomic E-state index is 12.5. The van der Waals surface area contributed by atoms with Crippen molar-refractivity contribution in [2.45, 2.75) is 71.3 Å². The smallest absolute Gasteiger partial charge is 0.225 e. The van der Waals surface area contributed by atoms with Gasteiger partial charge in [0.05, 0.1) is 19.3 Å². The van der Waals surface area contributed by atoms with E-state index >= 15 is 0 Å². The Morgan fingerprint density at radius 1 is 1.08 bits per heavy atom. The van der Waals surface area contributed by atoms with E-state index in [2.05, 4.69) is 59.1 Å². The van der Waals surface area contributed by atoms with Crippen LogP contribution in [0.25, 0.3) is 5.57 Å². The molecule has 1 N–H and O–H groups in total. The van der Waals surface area contributed by atoms with Crippen molar-refractivity contribution < 1.29 is 14.6 Å². The van der Waals surface area contributed by atoms with Gasteiger partial charge < -0.3 is 19.6 Å². The molecule has 4 rings (SSSR count). The molecule has 2 aliphatic heterocycles. The van der Waals surface area contributed by atoms with Crippen LogP contribution in [0.1, 0.15) is 69.9 Å². The van der Waals surface area contributed by atoms with Gasteiger partial charge in [0.15, 0.2) is 0 Å². The molecule has 2 aromatic rings. The summed E-state index contributed by atoms with van der Waals surface area (Å²) in [6.45, 7) is 7.76. The number of hydrogen-bond donors (Lipinski definition) is 1. The predicted octanol–water partition coefficient (Wildman–Crippen LogP) is 4.89. The molecule has 0 radical (unpaired) electrons. The summed E-state index contributed by atoms with van der Waals surface area (Å²) in [5, 5.41) is 9.47. The maximum absolute atomic E-state index is 12.5. The number of carbonyl (C=O) groups is 1. The molecule has 3 heterocycles. The van der Waals surface area contributed by atoms with E-state index in [0.29, 0.717) is 12.3 Å². The van der Waals surface area contributed by atoms with Crippen LogP contribution >= 0.6 is 0 Å². The third kappa shape index (κ3) is 7.31. The molecule has 200 valence electrons. The Morgan fingerprint density at radius 3 is 2.46 bits per heavy atom. The molecule has 2 fully saturated rings. The Bertz CT molecular complexity index is 1010. The van der Waals surface area contributed by atoms with E-state index in [1.165, 1.54) is 16.7 Å². The minimum Gasteiger partial charge on any atom is -0.493 e. The van der Waals surface area contributed by atoms with Crippen LogP contribution in [-0.4, -0.2) is 64.8 Å². The summed E-state index contributed by atoms with van der Waals surface area (Å²) in [6.07, 6.45) is 13.2. The first-order valence-electron chi connectivity index (χ1n) is 14.0. The van der Waals surface area contributed by atoms with Gasteiger partial charge in [0, 0.05) is 38.4 Å². The summed E-state index contributed by atoms with van der Waals surface area (Å²) in [6, 6.07) is 8.36. The molecule has 2 saturated heterocycles. The van der Waals surface area contributed by atoms with Crippen LogP contribution in [-0.2, 0) is 11.2 Å². The lowest BCUT2D eigenvalue weighted by molar-refractivity contribution is -0.132. The van der Waals surface area contributed by atoms with Crippen LogP contribution in [0.5, 0.6) is 5.75 Å². The highest BCUT2D eigenvalue weighted by Gasteiger charge is 2.27. The van der Waals surface area contributed by atoms with Crippen molar-refractivity contribution in [1.29, 1.82) is 0 Å². The number of rotatable bonds is 11. The van der Waals surface area contributed by atoms with Crippen molar-refractivity contribution in [3.63, 3.8) is 0 Å². The fourth-order valence-electron chi connectivity index (χ4n) is 5.31. The quantitative estimate of drug-likeness (QED) is 0.467. The van der Waals surface area contributed by atoms with E-state index < -0.39 is 0 Å². The Labute approximate surface area is 221 Å². The van der Waals surface area contributed by atoms with Crippen molar-refractivity contribution in [2.75, 3.05) is 37.7 Å². The summed E-state index contributed by atoms with van der Waals surface area (Å²) in [5.74, 6) is 2.43. The molecule has 1 atom stereocenters. The van der Waals surface area contributed by atoms with Crippen molar-refractivity contribution >= 4 is 17.4 Å². The van der Waals surface area contributed by atoms with E-state index in [9.17, 15) is 9.90 Å². The summed E-state index contributed by atoms with van der Waals surface area (Å²) in [5.41, 5.74) is 3.60. The van der Waals surface area contributed by atoms with Gasteiger partial charge in [0.2, 0.25) is 11.9 Å². The number of hydrogen-bond acceptors (Lipinski definition) is 6. The first-order valence-corrected chi connectivity index (χ1v) is 14.0. The highest BCUT2D eigenvalue weighted by atomic mass is 16.5.